The normalized spacial score (nSPS) is 26.9. The summed E-state index contributed by atoms with van der Waals surface area (Å²) in [6.45, 7) is 9.21. The number of carbonyl (C=O) groups is 2. The Labute approximate surface area is 184 Å². The molecule has 1 N–H and O–H groups in total. The monoisotopic (exact) mass is 427 g/mol. The number of urea groups is 1. The molecule has 3 amide bonds. The number of carbonyl (C=O) groups excluding carboxylic acids is 2. The predicted molar refractivity (Wildman–Crippen MR) is 118 cm³/mol. The van der Waals surface area contributed by atoms with Crippen LogP contribution in [0.3, 0.4) is 0 Å². The average molecular weight is 428 g/mol. The van der Waals surface area contributed by atoms with Gasteiger partial charge in [0.1, 0.15) is 0 Å². The van der Waals surface area contributed by atoms with Crippen LogP contribution < -0.4 is 5.32 Å². The van der Waals surface area contributed by atoms with Crippen LogP contribution in [0.15, 0.2) is 30.3 Å². The van der Waals surface area contributed by atoms with E-state index in [9.17, 15) is 9.59 Å². The first-order valence-corrected chi connectivity index (χ1v) is 11.5. The molecular formula is C23H33N5O3. The van der Waals surface area contributed by atoms with Crippen molar-refractivity contribution in [2.24, 2.45) is 0 Å². The SMILES string of the molecule is CC(=O)N1CCC(N2CC3(CN(C(=O)Nc4ccccc4)CC4COCCN43)C2)CC1. The maximum atomic E-state index is 13.1. The molecule has 4 aliphatic rings. The highest BCUT2D eigenvalue weighted by Gasteiger charge is 2.56. The Kier molecular flexibility index (Phi) is 5.62. The van der Waals surface area contributed by atoms with Crippen molar-refractivity contribution in [3.05, 3.63) is 30.3 Å². The number of benzene rings is 1. The van der Waals surface area contributed by atoms with Gasteiger partial charge in [0.25, 0.3) is 0 Å². The zero-order valence-corrected chi connectivity index (χ0v) is 18.3. The Morgan fingerprint density at radius 2 is 1.74 bits per heavy atom. The molecule has 1 spiro atoms. The van der Waals surface area contributed by atoms with Gasteiger partial charge in [0.2, 0.25) is 5.91 Å². The molecule has 1 unspecified atom stereocenters. The summed E-state index contributed by atoms with van der Waals surface area (Å²) in [5, 5.41) is 3.06. The first-order valence-electron chi connectivity index (χ1n) is 11.5. The van der Waals surface area contributed by atoms with Crippen LogP contribution >= 0.6 is 0 Å². The number of morpholine rings is 1. The zero-order valence-electron chi connectivity index (χ0n) is 18.3. The molecule has 0 bridgehead atoms. The average Bonchev–Trinajstić information content (AvgIpc) is 2.77. The van der Waals surface area contributed by atoms with Crippen LogP contribution in [0, 0.1) is 0 Å². The maximum Gasteiger partial charge on any atom is 0.321 e. The second-order valence-electron chi connectivity index (χ2n) is 9.47. The van der Waals surface area contributed by atoms with Crippen molar-refractivity contribution < 1.29 is 14.3 Å². The van der Waals surface area contributed by atoms with Crippen LogP contribution in [0.2, 0.25) is 0 Å². The molecule has 1 atom stereocenters. The molecule has 0 aliphatic carbocycles. The first-order chi connectivity index (χ1) is 15.0. The number of fused-ring (bicyclic) bond motifs is 2. The lowest BCUT2D eigenvalue weighted by molar-refractivity contribution is -0.168. The number of para-hydroxylation sites is 1. The van der Waals surface area contributed by atoms with Crippen LogP contribution in [0.25, 0.3) is 0 Å². The van der Waals surface area contributed by atoms with Gasteiger partial charge in [-0.1, -0.05) is 18.2 Å². The van der Waals surface area contributed by atoms with Gasteiger partial charge in [0, 0.05) is 64.5 Å². The summed E-state index contributed by atoms with van der Waals surface area (Å²) < 4.78 is 5.77. The topological polar surface area (TPSA) is 68.4 Å². The molecule has 1 aromatic carbocycles. The van der Waals surface area contributed by atoms with Crippen molar-refractivity contribution in [2.45, 2.75) is 37.4 Å². The summed E-state index contributed by atoms with van der Waals surface area (Å²) in [5.74, 6) is 0.182. The molecule has 8 heteroatoms. The molecule has 4 aliphatic heterocycles. The quantitative estimate of drug-likeness (QED) is 0.771. The maximum absolute atomic E-state index is 13.1. The molecule has 168 valence electrons. The van der Waals surface area contributed by atoms with Crippen molar-refractivity contribution in [1.29, 1.82) is 0 Å². The van der Waals surface area contributed by atoms with E-state index >= 15 is 0 Å². The summed E-state index contributed by atoms with van der Waals surface area (Å²) >= 11 is 0. The van der Waals surface area contributed by atoms with Gasteiger partial charge in [-0.15, -0.1) is 0 Å². The van der Waals surface area contributed by atoms with E-state index in [-0.39, 0.29) is 23.5 Å². The number of ether oxygens (including phenoxy) is 1. The van der Waals surface area contributed by atoms with E-state index in [0.29, 0.717) is 19.2 Å². The molecule has 4 heterocycles. The largest absolute Gasteiger partial charge is 0.378 e. The number of hydrogen-bond acceptors (Lipinski definition) is 5. The molecule has 5 rings (SSSR count). The molecule has 0 saturated carbocycles. The minimum atomic E-state index is -0.0241. The van der Waals surface area contributed by atoms with Crippen LogP contribution in [-0.4, -0.2) is 108 Å². The second-order valence-corrected chi connectivity index (χ2v) is 9.47. The van der Waals surface area contributed by atoms with Gasteiger partial charge in [0.05, 0.1) is 24.8 Å². The fraction of sp³-hybridized carbons (Fsp3) is 0.652. The molecule has 0 aromatic heterocycles. The Morgan fingerprint density at radius 1 is 1.00 bits per heavy atom. The number of piperidine rings is 1. The van der Waals surface area contributed by atoms with E-state index in [0.717, 1.165) is 64.4 Å². The molecule has 31 heavy (non-hydrogen) atoms. The Morgan fingerprint density at radius 3 is 2.45 bits per heavy atom. The third-order valence-electron chi connectivity index (χ3n) is 7.49. The van der Waals surface area contributed by atoms with Crippen molar-refractivity contribution in [3.63, 3.8) is 0 Å². The number of amides is 3. The summed E-state index contributed by atoms with van der Waals surface area (Å²) in [6.07, 6.45) is 2.08. The van der Waals surface area contributed by atoms with Gasteiger partial charge in [0.15, 0.2) is 0 Å². The Hall–Kier alpha value is -2.16. The lowest BCUT2D eigenvalue weighted by Crippen LogP contribution is -2.82. The highest BCUT2D eigenvalue weighted by Crippen LogP contribution is 2.38. The molecule has 1 aromatic rings. The second kappa shape index (κ2) is 8.41. The van der Waals surface area contributed by atoms with Gasteiger partial charge < -0.3 is 19.9 Å². The van der Waals surface area contributed by atoms with E-state index in [1.807, 2.05) is 40.1 Å². The molecule has 4 saturated heterocycles. The number of hydrogen-bond donors (Lipinski definition) is 1. The van der Waals surface area contributed by atoms with Gasteiger partial charge in [-0.05, 0) is 25.0 Å². The summed E-state index contributed by atoms with van der Waals surface area (Å²) in [5.41, 5.74) is 0.842. The summed E-state index contributed by atoms with van der Waals surface area (Å²) in [4.78, 5) is 33.8. The van der Waals surface area contributed by atoms with Gasteiger partial charge in [-0.3, -0.25) is 14.6 Å². The van der Waals surface area contributed by atoms with Crippen LogP contribution in [-0.2, 0) is 9.53 Å². The zero-order chi connectivity index (χ0) is 21.4. The molecule has 4 fully saturated rings. The molecular weight excluding hydrogens is 394 g/mol. The van der Waals surface area contributed by atoms with E-state index in [1.165, 1.54) is 0 Å². The van der Waals surface area contributed by atoms with E-state index in [2.05, 4.69) is 15.1 Å². The predicted octanol–water partition coefficient (Wildman–Crippen LogP) is 1.30. The van der Waals surface area contributed by atoms with Crippen LogP contribution in [0.5, 0.6) is 0 Å². The van der Waals surface area contributed by atoms with Crippen molar-refractivity contribution >= 4 is 17.6 Å². The Bertz CT molecular complexity index is 805. The number of piperazine rings is 1. The number of anilines is 1. The molecule has 8 nitrogen and oxygen atoms in total. The minimum Gasteiger partial charge on any atom is -0.378 e. The van der Waals surface area contributed by atoms with E-state index in [1.54, 1.807) is 6.92 Å². The number of nitrogens with one attached hydrogen (secondary N) is 1. The smallest absolute Gasteiger partial charge is 0.321 e. The van der Waals surface area contributed by atoms with E-state index < -0.39 is 0 Å². The third-order valence-corrected chi connectivity index (χ3v) is 7.49. The lowest BCUT2D eigenvalue weighted by atomic mass is 9.80. The minimum absolute atomic E-state index is 0.0123. The van der Waals surface area contributed by atoms with Crippen molar-refractivity contribution in [2.75, 3.05) is 64.3 Å². The third kappa shape index (κ3) is 4.04. The lowest BCUT2D eigenvalue weighted by Gasteiger charge is -2.64. The van der Waals surface area contributed by atoms with Crippen molar-refractivity contribution in [1.82, 2.24) is 19.6 Å². The Balaban J connectivity index is 1.25. The fourth-order valence-corrected chi connectivity index (χ4v) is 5.87. The van der Waals surface area contributed by atoms with Gasteiger partial charge >= 0.3 is 6.03 Å². The standard InChI is InChI=1S/C23H33N5O3/c1-18(29)25-9-7-20(8-10-25)27-16-23(17-27)15-26(13-21-14-31-12-11-28(21)23)22(30)24-19-5-3-2-4-6-19/h2-6,20-21H,7-17H2,1H3,(H,24,30). The van der Waals surface area contributed by atoms with Gasteiger partial charge in [-0.2, -0.15) is 0 Å². The van der Waals surface area contributed by atoms with Crippen LogP contribution in [0.4, 0.5) is 10.5 Å². The summed E-state index contributed by atoms with van der Waals surface area (Å²) in [6, 6.07) is 10.4. The molecule has 0 radical (unpaired) electrons. The summed E-state index contributed by atoms with van der Waals surface area (Å²) in [7, 11) is 0. The fourth-order valence-electron chi connectivity index (χ4n) is 5.87. The van der Waals surface area contributed by atoms with Crippen LogP contribution in [0.1, 0.15) is 19.8 Å². The number of nitrogens with zero attached hydrogens (tertiary/aromatic N) is 4. The first kappa shape index (κ1) is 20.7. The van der Waals surface area contributed by atoms with E-state index in [4.69, 9.17) is 4.74 Å². The number of likely N-dealkylation sites (tertiary alicyclic amines) is 2. The highest BCUT2D eigenvalue weighted by atomic mass is 16.5. The van der Waals surface area contributed by atoms with Crippen molar-refractivity contribution in [3.8, 4) is 0 Å². The number of rotatable bonds is 2. The van der Waals surface area contributed by atoms with Gasteiger partial charge in [-0.25, -0.2) is 4.79 Å². The highest BCUT2D eigenvalue weighted by molar-refractivity contribution is 5.89.